The molecule has 2 aromatic rings. The second kappa shape index (κ2) is 7.98. The van der Waals surface area contributed by atoms with Crippen LogP contribution in [-0.2, 0) is 17.6 Å². The molecule has 158 valence electrons. The van der Waals surface area contributed by atoms with E-state index in [2.05, 4.69) is 17.0 Å². The van der Waals surface area contributed by atoms with Crippen LogP contribution in [0.1, 0.15) is 30.1 Å². The molecule has 0 saturated carbocycles. The number of carbonyl (C=O) groups excluding carboxylic acids is 1. The molecule has 0 spiro atoms. The molecule has 8 heteroatoms. The number of aromatic nitrogens is 2. The summed E-state index contributed by atoms with van der Waals surface area (Å²) in [5.41, 5.74) is 3.07. The van der Waals surface area contributed by atoms with Crippen molar-refractivity contribution in [1.29, 1.82) is 0 Å². The van der Waals surface area contributed by atoms with E-state index >= 15 is 0 Å². The topological polar surface area (TPSA) is 67.7 Å². The molecule has 3 heterocycles. The Kier molecular flexibility index (Phi) is 5.18. The van der Waals surface area contributed by atoms with Gasteiger partial charge in [0.1, 0.15) is 5.75 Å². The van der Waals surface area contributed by atoms with Gasteiger partial charge in [0.25, 0.3) is 5.56 Å². The first-order valence-electron chi connectivity index (χ1n) is 10.6. The van der Waals surface area contributed by atoms with E-state index in [0.717, 1.165) is 66.0 Å². The van der Waals surface area contributed by atoms with E-state index in [1.807, 2.05) is 17.0 Å². The molecule has 0 unspecified atom stereocenters. The van der Waals surface area contributed by atoms with Gasteiger partial charge in [-0.05, 0) is 43.5 Å². The number of aryl methyl sites for hydroxylation is 1. The van der Waals surface area contributed by atoms with Crippen LogP contribution in [-0.4, -0.2) is 59.4 Å². The van der Waals surface area contributed by atoms with E-state index in [-0.39, 0.29) is 17.5 Å². The van der Waals surface area contributed by atoms with Crippen molar-refractivity contribution >= 4 is 23.4 Å². The van der Waals surface area contributed by atoms with Crippen molar-refractivity contribution in [2.75, 3.05) is 43.9 Å². The summed E-state index contributed by atoms with van der Waals surface area (Å²) in [5.74, 6) is 1.73. The number of thioether (sulfide) groups is 1. The molecule has 1 aliphatic carbocycles. The number of benzene rings is 1. The van der Waals surface area contributed by atoms with Gasteiger partial charge in [0.05, 0.1) is 18.8 Å². The predicted molar refractivity (Wildman–Crippen MR) is 117 cm³/mol. The van der Waals surface area contributed by atoms with Crippen molar-refractivity contribution in [2.24, 2.45) is 0 Å². The second-order valence-corrected chi connectivity index (χ2v) is 9.07. The van der Waals surface area contributed by atoms with Gasteiger partial charge in [-0.15, -0.1) is 0 Å². The Labute approximate surface area is 180 Å². The summed E-state index contributed by atoms with van der Waals surface area (Å²) in [4.78, 5) is 34.9. The van der Waals surface area contributed by atoms with Gasteiger partial charge in [0, 0.05) is 49.6 Å². The molecule has 1 atom stereocenters. The molecule has 7 nitrogen and oxygen atoms in total. The van der Waals surface area contributed by atoms with Gasteiger partial charge < -0.3 is 14.5 Å². The van der Waals surface area contributed by atoms with Gasteiger partial charge in [-0.1, -0.05) is 11.8 Å². The molecule has 0 radical (unpaired) electrons. The number of hydrogen-bond acceptors (Lipinski definition) is 6. The molecule has 3 aliphatic rings. The number of ether oxygens (including phenoxy) is 1. The van der Waals surface area contributed by atoms with Crippen LogP contribution < -0.4 is 15.2 Å². The summed E-state index contributed by atoms with van der Waals surface area (Å²) in [5, 5.41) is 0.794. The van der Waals surface area contributed by atoms with E-state index in [9.17, 15) is 9.59 Å². The Morgan fingerprint density at radius 2 is 1.93 bits per heavy atom. The average Bonchev–Trinajstić information content (AvgIpc) is 3.42. The Bertz CT molecular complexity index is 1010. The van der Waals surface area contributed by atoms with Gasteiger partial charge in [0.15, 0.2) is 5.16 Å². The third-order valence-corrected chi connectivity index (χ3v) is 7.45. The molecule has 2 aliphatic heterocycles. The fourth-order valence-corrected chi connectivity index (χ4v) is 5.79. The van der Waals surface area contributed by atoms with Crippen molar-refractivity contribution in [2.45, 2.75) is 36.9 Å². The highest BCUT2D eigenvalue weighted by Crippen LogP contribution is 2.34. The van der Waals surface area contributed by atoms with Crippen LogP contribution in [0.3, 0.4) is 0 Å². The predicted octanol–water partition coefficient (Wildman–Crippen LogP) is 2.13. The highest BCUT2D eigenvalue weighted by Gasteiger charge is 2.32. The fraction of sp³-hybridized carbons (Fsp3) is 0.500. The van der Waals surface area contributed by atoms with Crippen molar-refractivity contribution in [3.05, 3.63) is 45.9 Å². The van der Waals surface area contributed by atoms with Crippen molar-refractivity contribution in [1.82, 2.24) is 14.5 Å². The third-order valence-electron chi connectivity index (χ3n) is 6.35. The molecule has 1 fully saturated rings. The summed E-state index contributed by atoms with van der Waals surface area (Å²) in [7, 11) is 1.66. The van der Waals surface area contributed by atoms with Crippen molar-refractivity contribution in [3.8, 4) is 5.75 Å². The lowest BCUT2D eigenvalue weighted by molar-refractivity contribution is -0.132. The number of rotatable bonds is 4. The molecule has 1 aromatic heterocycles. The lowest BCUT2D eigenvalue weighted by atomic mass is 10.1. The minimum Gasteiger partial charge on any atom is -0.497 e. The lowest BCUT2D eigenvalue weighted by Gasteiger charge is -2.36. The third kappa shape index (κ3) is 3.47. The maximum absolute atomic E-state index is 13.0. The van der Waals surface area contributed by atoms with Gasteiger partial charge in [-0.2, -0.15) is 0 Å². The quantitative estimate of drug-likeness (QED) is 0.698. The number of methoxy groups -OCH3 is 1. The minimum absolute atomic E-state index is 0.0805. The highest BCUT2D eigenvalue weighted by atomic mass is 32.2. The van der Waals surface area contributed by atoms with Crippen molar-refractivity contribution in [3.63, 3.8) is 0 Å². The Hall–Kier alpha value is -2.48. The molecule has 30 heavy (non-hydrogen) atoms. The largest absolute Gasteiger partial charge is 0.497 e. The maximum atomic E-state index is 13.0. The van der Waals surface area contributed by atoms with Crippen LogP contribution in [0.25, 0.3) is 0 Å². The van der Waals surface area contributed by atoms with E-state index in [1.54, 1.807) is 23.4 Å². The molecule has 0 bridgehead atoms. The number of piperazine rings is 1. The molecule has 1 amide bonds. The molecule has 0 N–H and O–H groups in total. The maximum Gasteiger partial charge on any atom is 0.257 e. The first-order valence-corrected chi connectivity index (χ1v) is 11.6. The first-order chi connectivity index (χ1) is 14.6. The Morgan fingerprint density at radius 1 is 1.17 bits per heavy atom. The zero-order valence-electron chi connectivity index (χ0n) is 17.2. The Balaban J connectivity index is 1.22. The monoisotopic (exact) mass is 426 g/mol. The van der Waals surface area contributed by atoms with Crippen LogP contribution >= 0.6 is 11.8 Å². The molecule has 1 aromatic carbocycles. The number of amides is 1. The minimum atomic E-state index is -0.0805. The molecule has 1 saturated heterocycles. The van der Waals surface area contributed by atoms with Crippen LogP contribution in [0.5, 0.6) is 5.75 Å². The normalized spacial score (nSPS) is 20.2. The summed E-state index contributed by atoms with van der Waals surface area (Å²) < 4.78 is 7.02. The van der Waals surface area contributed by atoms with Gasteiger partial charge in [-0.25, -0.2) is 4.98 Å². The highest BCUT2D eigenvalue weighted by molar-refractivity contribution is 7.99. The second-order valence-electron chi connectivity index (χ2n) is 8.08. The summed E-state index contributed by atoms with van der Waals surface area (Å²) >= 11 is 1.61. The number of anilines is 1. The SMILES string of the molecule is COc1ccc(N2CCN(C(=O)C[C@H]3CSc4nc5c(c(=O)n43)CCC5)CC2)cc1. The van der Waals surface area contributed by atoms with Gasteiger partial charge in [0.2, 0.25) is 5.91 Å². The van der Waals surface area contributed by atoms with Crippen LogP contribution in [0.2, 0.25) is 0 Å². The van der Waals surface area contributed by atoms with Crippen LogP contribution in [0.15, 0.2) is 34.2 Å². The first kappa shape index (κ1) is 19.5. The zero-order valence-corrected chi connectivity index (χ0v) is 18.0. The van der Waals surface area contributed by atoms with E-state index in [1.165, 1.54) is 0 Å². The van der Waals surface area contributed by atoms with Crippen LogP contribution in [0.4, 0.5) is 5.69 Å². The number of nitrogens with zero attached hydrogens (tertiary/aromatic N) is 4. The molecular formula is C22H26N4O3S. The van der Waals surface area contributed by atoms with Crippen LogP contribution in [0, 0.1) is 0 Å². The van der Waals surface area contributed by atoms with E-state index in [4.69, 9.17) is 9.72 Å². The fourth-order valence-electron chi connectivity index (χ4n) is 4.64. The zero-order chi connectivity index (χ0) is 20.7. The smallest absolute Gasteiger partial charge is 0.257 e. The standard InChI is InChI=1S/C22H26N4O3S/c1-29-17-7-5-15(6-8-17)24-9-11-25(12-10-24)20(27)13-16-14-30-22-23-19-4-2-3-18(19)21(28)26(16)22/h5-8,16H,2-4,9-14H2,1H3/t16-/m0/s1. The molecule has 5 rings (SSSR count). The van der Waals surface area contributed by atoms with Gasteiger partial charge >= 0.3 is 0 Å². The number of carbonyl (C=O) groups is 1. The molecular weight excluding hydrogens is 400 g/mol. The van der Waals surface area contributed by atoms with E-state index < -0.39 is 0 Å². The lowest BCUT2D eigenvalue weighted by Crippen LogP contribution is -2.49. The number of fused-ring (bicyclic) bond motifs is 2. The number of hydrogen-bond donors (Lipinski definition) is 0. The average molecular weight is 427 g/mol. The van der Waals surface area contributed by atoms with Crippen molar-refractivity contribution < 1.29 is 9.53 Å². The summed E-state index contributed by atoms with van der Waals surface area (Å²) in [6.07, 6.45) is 3.11. The summed E-state index contributed by atoms with van der Waals surface area (Å²) in [6.45, 7) is 3.02. The van der Waals surface area contributed by atoms with Gasteiger partial charge in [-0.3, -0.25) is 14.2 Å². The summed E-state index contributed by atoms with van der Waals surface area (Å²) in [6, 6.07) is 7.96. The van der Waals surface area contributed by atoms with E-state index in [0.29, 0.717) is 19.5 Å². The Morgan fingerprint density at radius 3 is 2.67 bits per heavy atom.